The highest BCUT2D eigenvalue weighted by atomic mass is 32.2. The van der Waals surface area contributed by atoms with Crippen LogP contribution in [0.15, 0.2) is 34.6 Å². The van der Waals surface area contributed by atoms with Crippen molar-refractivity contribution in [2.24, 2.45) is 5.92 Å². The predicted octanol–water partition coefficient (Wildman–Crippen LogP) is 5.15. The summed E-state index contributed by atoms with van der Waals surface area (Å²) in [5.41, 5.74) is 1.29. The standard InChI is InChI=1S/C20H15F2NO3S3/c21-15-4-2-10(7-16(15)22)12-6-14(28-9-12)8-17-18(24)23(20(27)29-17)13-3-1-11(5-13)19(25)26/h2,4,6-9,11,13H,1,3,5H2,(H,25,26)/t11-,13+/m0/s1. The molecular formula is C20H15F2NO3S3. The first-order valence-electron chi connectivity index (χ1n) is 8.87. The number of aliphatic carboxylic acids is 1. The van der Waals surface area contributed by atoms with Crippen molar-refractivity contribution < 1.29 is 23.5 Å². The number of benzene rings is 1. The fourth-order valence-electron chi connectivity index (χ4n) is 3.60. The highest BCUT2D eigenvalue weighted by molar-refractivity contribution is 8.26. The summed E-state index contributed by atoms with van der Waals surface area (Å²) < 4.78 is 27.0. The van der Waals surface area contributed by atoms with E-state index in [2.05, 4.69) is 0 Å². The van der Waals surface area contributed by atoms with Gasteiger partial charge < -0.3 is 5.11 Å². The number of thiocarbonyl (C=S) groups is 1. The molecule has 1 saturated carbocycles. The van der Waals surface area contributed by atoms with E-state index in [1.807, 2.05) is 5.38 Å². The van der Waals surface area contributed by atoms with E-state index in [4.69, 9.17) is 12.2 Å². The second-order valence-corrected chi connectivity index (χ2v) is 9.54. The van der Waals surface area contributed by atoms with Gasteiger partial charge >= 0.3 is 5.97 Å². The van der Waals surface area contributed by atoms with E-state index in [1.54, 1.807) is 17.0 Å². The van der Waals surface area contributed by atoms with E-state index in [1.165, 1.54) is 29.2 Å². The van der Waals surface area contributed by atoms with Gasteiger partial charge in [-0.1, -0.05) is 30.0 Å². The van der Waals surface area contributed by atoms with Crippen LogP contribution in [0.4, 0.5) is 8.78 Å². The van der Waals surface area contributed by atoms with Crippen LogP contribution in [0.1, 0.15) is 24.1 Å². The lowest BCUT2D eigenvalue weighted by Crippen LogP contribution is -2.37. The number of carboxylic acids is 1. The van der Waals surface area contributed by atoms with Crippen LogP contribution in [0.2, 0.25) is 0 Å². The summed E-state index contributed by atoms with van der Waals surface area (Å²) in [6.07, 6.45) is 3.31. The minimum atomic E-state index is -0.910. The van der Waals surface area contributed by atoms with Crippen molar-refractivity contribution in [1.82, 2.24) is 4.90 Å². The number of hydrogen-bond donors (Lipinski definition) is 1. The molecule has 4 rings (SSSR count). The number of halogens is 2. The Balaban J connectivity index is 1.53. The monoisotopic (exact) mass is 451 g/mol. The van der Waals surface area contributed by atoms with Crippen molar-refractivity contribution in [2.45, 2.75) is 25.3 Å². The summed E-state index contributed by atoms with van der Waals surface area (Å²) in [4.78, 5) is 26.9. The van der Waals surface area contributed by atoms with Crippen LogP contribution in [-0.4, -0.2) is 32.2 Å². The molecule has 150 valence electrons. The SMILES string of the molecule is O=C(O)[C@H]1CC[C@@H](N2C(=O)C(=Cc3cc(-c4ccc(F)c(F)c4)cs3)SC2=S)C1. The molecule has 2 aromatic rings. The van der Waals surface area contributed by atoms with Crippen molar-refractivity contribution in [3.05, 3.63) is 51.1 Å². The quantitative estimate of drug-likeness (QED) is 0.515. The molecule has 2 atom stereocenters. The number of thiophene rings is 1. The minimum absolute atomic E-state index is 0.185. The van der Waals surface area contributed by atoms with Gasteiger partial charge in [0, 0.05) is 10.9 Å². The van der Waals surface area contributed by atoms with Gasteiger partial charge in [0.2, 0.25) is 0 Å². The number of carbonyl (C=O) groups is 2. The van der Waals surface area contributed by atoms with Gasteiger partial charge in [0.1, 0.15) is 4.32 Å². The molecule has 1 saturated heterocycles. The van der Waals surface area contributed by atoms with Crippen LogP contribution >= 0.6 is 35.3 Å². The minimum Gasteiger partial charge on any atom is -0.481 e. The number of thioether (sulfide) groups is 1. The Morgan fingerprint density at radius 1 is 1.21 bits per heavy atom. The van der Waals surface area contributed by atoms with E-state index < -0.39 is 23.5 Å². The van der Waals surface area contributed by atoms with Gasteiger partial charge in [0.05, 0.1) is 10.8 Å². The first kappa shape index (κ1) is 20.2. The molecule has 2 heterocycles. The summed E-state index contributed by atoms with van der Waals surface area (Å²) in [6, 6.07) is 5.34. The molecule has 1 amide bonds. The van der Waals surface area contributed by atoms with E-state index in [0.29, 0.717) is 34.1 Å². The van der Waals surface area contributed by atoms with E-state index >= 15 is 0 Å². The highest BCUT2D eigenvalue weighted by Gasteiger charge is 2.42. The van der Waals surface area contributed by atoms with Crippen molar-refractivity contribution >= 4 is 57.6 Å². The fraction of sp³-hybridized carbons (Fsp3) is 0.250. The molecule has 1 N–H and O–H groups in total. The molecule has 1 aliphatic carbocycles. The Hall–Kier alpha value is -2.10. The Bertz CT molecular complexity index is 1050. The molecule has 1 aromatic heterocycles. The molecule has 0 radical (unpaired) electrons. The van der Waals surface area contributed by atoms with Crippen LogP contribution in [0.5, 0.6) is 0 Å². The molecule has 0 bridgehead atoms. The summed E-state index contributed by atoms with van der Waals surface area (Å²) in [5.74, 6) is -3.29. The number of rotatable bonds is 4. The molecule has 2 fully saturated rings. The average Bonchev–Trinajstić information content (AvgIpc) is 3.38. The first-order valence-corrected chi connectivity index (χ1v) is 11.0. The predicted molar refractivity (Wildman–Crippen MR) is 113 cm³/mol. The smallest absolute Gasteiger partial charge is 0.306 e. The fourth-order valence-corrected chi connectivity index (χ4v) is 5.91. The maximum absolute atomic E-state index is 13.5. The highest BCUT2D eigenvalue weighted by Crippen LogP contribution is 2.40. The van der Waals surface area contributed by atoms with Gasteiger partial charge in [-0.2, -0.15) is 0 Å². The van der Waals surface area contributed by atoms with E-state index in [9.17, 15) is 23.5 Å². The zero-order valence-electron chi connectivity index (χ0n) is 14.9. The Morgan fingerprint density at radius 2 is 2.00 bits per heavy atom. The third-order valence-electron chi connectivity index (χ3n) is 5.09. The second kappa shape index (κ2) is 7.97. The number of carbonyl (C=O) groups excluding carboxylic acids is 1. The van der Waals surface area contributed by atoms with Crippen molar-refractivity contribution in [3.8, 4) is 11.1 Å². The van der Waals surface area contributed by atoms with E-state index in [-0.39, 0.29) is 11.9 Å². The van der Waals surface area contributed by atoms with Gasteiger partial charge in [-0.3, -0.25) is 14.5 Å². The van der Waals surface area contributed by atoms with Crippen molar-refractivity contribution in [2.75, 3.05) is 0 Å². The van der Waals surface area contributed by atoms with E-state index in [0.717, 1.165) is 22.6 Å². The van der Waals surface area contributed by atoms with Gasteiger partial charge in [-0.05, 0) is 60.0 Å². The number of carboxylic acid groups (broad SMARTS) is 1. The topological polar surface area (TPSA) is 57.6 Å². The maximum Gasteiger partial charge on any atom is 0.306 e. The van der Waals surface area contributed by atoms with Crippen LogP contribution < -0.4 is 0 Å². The Kier molecular flexibility index (Phi) is 5.54. The van der Waals surface area contributed by atoms with Gasteiger partial charge in [0.15, 0.2) is 11.6 Å². The molecule has 0 unspecified atom stereocenters. The molecule has 0 spiro atoms. The van der Waals surface area contributed by atoms with Crippen molar-refractivity contribution in [1.29, 1.82) is 0 Å². The largest absolute Gasteiger partial charge is 0.481 e. The lowest BCUT2D eigenvalue weighted by Gasteiger charge is -2.22. The number of nitrogens with zero attached hydrogens (tertiary/aromatic N) is 1. The third kappa shape index (κ3) is 3.99. The molecule has 29 heavy (non-hydrogen) atoms. The summed E-state index contributed by atoms with van der Waals surface area (Å²) in [6.45, 7) is 0. The van der Waals surface area contributed by atoms with Crippen LogP contribution in [0.25, 0.3) is 17.2 Å². The summed E-state index contributed by atoms with van der Waals surface area (Å²) >= 11 is 7.95. The summed E-state index contributed by atoms with van der Waals surface area (Å²) in [5, 5.41) is 11.0. The number of amides is 1. The lowest BCUT2D eigenvalue weighted by atomic mass is 10.1. The lowest BCUT2D eigenvalue weighted by molar-refractivity contribution is -0.141. The van der Waals surface area contributed by atoms with Crippen molar-refractivity contribution in [3.63, 3.8) is 0 Å². The van der Waals surface area contributed by atoms with Crippen LogP contribution in [-0.2, 0) is 9.59 Å². The zero-order chi connectivity index (χ0) is 20.7. The number of hydrogen-bond acceptors (Lipinski definition) is 5. The first-order chi connectivity index (χ1) is 13.8. The third-order valence-corrected chi connectivity index (χ3v) is 7.30. The molecule has 1 aromatic carbocycles. The molecule has 9 heteroatoms. The zero-order valence-corrected chi connectivity index (χ0v) is 17.4. The van der Waals surface area contributed by atoms with Crippen LogP contribution in [0.3, 0.4) is 0 Å². The molecular weight excluding hydrogens is 436 g/mol. The van der Waals surface area contributed by atoms with Gasteiger partial charge in [-0.25, -0.2) is 8.78 Å². The second-order valence-electron chi connectivity index (χ2n) is 6.92. The molecule has 1 aliphatic heterocycles. The van der Waals surface area contributed by atoms with Gasteiger partial charge in [-0.15, -0.1) is 11.3 Å². The Morgan fingerprint density at radius 3 is 2.69 bits per heavy atom. The molecule has 4 nitrogen and oxygen atoms in total. The normalized spacial score (nSPS) is 23.4. The average molecular weight is 452 g/mol. The van der Waals surface area contributed by atoms with Crippen LogP contribution in [0, 0.1) is 17.6 Å². The van der Waals surface area contributed by atoms with Gasteiger partial charge in [0.25, 0.3) is 5.91 Å². The Labute approximate surface area is 179 Å². The molecule has 2 aliphatic rings. The maximum atomic E-state index is 13.5. The summed E-state index contributed by atoms with van der Waals surface area (Å²) in [7, 11) is 0.